The lowest BCUT2D eigenvalue weighted by molar-refractivity contribution is -0.137. The summed E-state index contributed by atoms with van der Waals surface area (Å²) < 4.78 is 1.99. The molecule has 0 fully saturated rings. The number of carboxylic acid groups (broad SMARTS) is 1. The Morgan fingerprint density at radius 3 is 2.42 bits per heavy atom. The molecule has 232 valence electrons. The van der Waals surface area contributed by atoms with Crippen molar-refractivity contribution in [3.05, 3.63) is 65.5 Å². The van der Waals surface area contributed by atoms with Gasteiger partial charge in [0, 0.05) is 48.4 Å². The van der Waals surface area contributed by atoms with Crippen molar-refractivity contribution in [2.24, 2.45) is 5.73 Å². The van der Waals surface area contributed by atoms with Crippen LogP contribution in [0.15, 0.2) is 48.8 Å². The number of urea groups is 1. The zero-order valence-electron chi connectivity index (χ0n) is 26.2. The highest BCUT2D eigenvalue weighted by Crippen LogP contribution is 2.36. The van der Waals surface area contributed by atoms with Gasteiger partial charge in [0.05, 0.1) is 17.4 Å². The lowest BCUT2D eigenvalue weighted by Crippen LogP contribution is -2.29. The van der Waals surface area contributed by atoms with Crippen molar-refractivity contribution in [1.82, 2.24) is 20.1 Å². The molecule has 0 saturated carbocycles. The van der Waals surface area contributed by atoms with Crippen molar-refractivity contribution in [2.45, 2.75) is 98.1 Å². The Bertz CT molecular complexity index is 1430. The van der Waals surface area contributed by atoms with Gasteiger partial charge in [-0.3, -0.25) is 9.48 Å². The average molecular weight is 589 g/mol. The Morgan fingerprint density at radius 2 is 1.74 bits per heavy atom. The number of aryl methyl sites for hydroxylation is 2. The van der Waals surface area contributed by atoms with Gasteiger partial charge >= 0.3 is 12.0 Å². The number of nitrogens with two attached hydrogens (primary N) is 1. The molecular formula is C34H48N6O3. The number of carboxylic acids is 1. The van der Waals surface area contributed by atoms with Gasteiger partial charge in [0.1, 0.15) is 0 Å². The predicted molar refractivity (Wildman–Crippen MR) is 175 cm³/mol. The number of aromatic nitrogens is 3. The summed E-state index contributed by atoms with van der Waals surface area (Å²) in [5, 5.41) is 19.6. The number of fused-ring (bicyclic) bond motifs is 3. The third-order valence-corrected chi connectivity index (χ3v) is 7.36. The Hall–Kier alpha value is -3.98. The number of aliphatic carboxylic acids is 1. The van der Waals surface area contributed by atoms with Crippen LogP contribution in [0.1, 0.15) is 95.4 Å². The van der Waals surface area contributed by atoms with E-state index >= 15 is 0 Å². The smallest absolute Gasteiger partial charge is 0.319 e. The molecule has 9 nitrogen and oxygen atoms in total. The molecule has 0 spiro atoms. The van der Waals surface area contributed by atoms with Crippen LogP contribution in [0.4, 0.5) is 10.5 Å². The molecule has 1 aliphatic carbocycles. The minimum atomic E-state index is -0.682. The van der Waals surface area contributed by atoms with E-state index in [2.05, 4.69) is 67.8 Å². The molecule has 2 heterocycles. The van der Waals surface area contributed by atoms with Gasteiger partial charge in [-0.05, 0) is 68.4 Å². The monoisotopic (exact) mass is 588 g/mol. The molecule has 0 atom stereocenters. The van der Waals surface area contributed by atoms with Gasteiger partial charge in [-0.1, -0.05) is 63.8 Å². The molecule has 0 bridgehead atoms. The van der Waals surface area contributed by atoms with E-state index in [4.69, 9.17) is 15.8 Å². The zero-order chi connectivity index (χ0) is 31.2. The van der Waals surface area contributed by atoms with Gasteiger partial charge in [-0.2, -0.15) is 5.10 Å². The second-order valence-electron chi connectivity index (χ2n) is 11.2. The highest BCUT2D eigenvalue weighted by atomic mass is 16.4. The van der Waals surface area contributed by atoms with Crippen molar-refractivity contribution in [1.29, 1.82) is 0 Å². The van der Waals surface area contributed by atoms with E-state index in [9.17, 15) is 9.59 Å². The second kappa shape index (κ2) is 17.2. The fourth-order valence-electron chi connectivity index (χ4n) is 4.93. The molecule has 1 aromatic heterocycles. The summed E-state index contributed by atoms with van der Waals surface area (Å²) in [4.78, 5) is 27.2. The van der Waals surface area contributed by atoms with E-state index in [1.165, 1.54) is 11.1 Å². The Balaban J connectivity index is 0.000000557. The normalized spacial score (nSPS) is 11.0. The van der Waals surface area contributed by atoms with Gasteiger partial charge in [0.15, 0.2) is 0 Å². The first-order valence-corrected chi connectivity index (χ1v) is 15.6. The number of nitrogens with zero attached hydrogens (tertiary/aromatic N) is 3. The minimum Gasteiger partial charge on any atom is -0.481 e. The number of amides is 2. The van der Waals surface area contributed by atoms with Gasteiger partial charge in [0.25, 0.3) is 0 Å². The molecule has 43 heavy (non-hydrogen) atoms. The number of rotatable bonds is 14. The highest BCUT2D eigenvalue weighted by Gasteiger charge is 2.18. The fraction of sp³-hybridized carbons (Fsp3) is 0.471. The number of hydrogen-bond acceptors (Lipinski definition) is 5. The van der Waals surface area contributed by atoms with Crippen molar-refractivity contribution >= 4 is 28.6 Å². The first kappa shape index (κ1) is 33.5. The quantitative estimate of drug-likeness (QED) is 0.114. The van der Waals surface area contributed by atoms with Gasteiger partial charge < -0.3 is 21.5 Å². The summed E-state index contributed by atoms with van der Waals surface area (Å²) in [6.07, 6.45) is 12.3. The second-order valence-corrected chi connectivity index (χ2v) is 11.2. The highest BCUT2D eigenvalue weighted by molar-refractivity contribution is 6.02. The maximum Gasteiger partial charge on any atom is 0.319 e. The molecule has 0 saturated heterocycles. The third-order valence-electron chi connectivity index (χ3n) is 7.36. The molecule has 2 aliphatic rings. The predicted octanol–water partition coefficient (Wildman–Crippen LogP) is 7.32. The van der Waals surface area contributed by atoms with Crippen LogP contribution in [0.2, 0.25) is 0 Å². The van der Waals surface area contributed by atoms with E-state index in [1.54, 1.807) is 0 Å². The van der Waals surface area contributed by atoms with Crippen LogP contribution in [0.25, 0.3) is 22.2 Å². The number of unbranched alkanes of at least 4 members (excludes halogenated alkanes) is 4. The first-order valence-electron chi connectivity index (χ1n) is 15.6. The molecule has 2 amide bonds. The zero-order valence-corrected chi connectivity index (χ0v) is 26.2. The first-order chi connectivity index (χ1) is 20.8. The van der Waals surface area contributed by atoms with Crippen LogP contribution in [-0.2, 0) is 24.2 Å². The number of nitrogens with one attached hydrogen (secondary N) is 2. The van der Waals surface area contributed by atoms with Crippen LogP contribution in [0.3, 0.4) is 0 Å². The number of carbonyl (C=O) groups excluding carboxylic acids is 1. The molecule has 0 unspecified atom stereocenters. The molecule has 4 rings (SSSR count). The van der Waals surface area contributed by atoms with E-state index in [-0.39, 0.29) is 6.03 Å². The maximum atomic E-state index is 12.3. The molecule has 1 aromatic carbocycles. The van der Waals surface area contributed by atoms with Gasteiger partial charge in [-0.15, -0.1) is 0 Å². The third kappa shape index (κ3) is 10.1. The summed E-state index contributed by atoms with van der Waals surface area (Å²) in [7, 11) is 0. The standard InChI is InChI=1S/C28H36N6O.C6H12O2/c1-4-5-6-14-30-28(35)32-23-8-7-9-24-25(15-23)33-27-21(12-13-22(16-29)26(24)27)11-10-20-17-31-34(18-20)19(2)3;1-2-3-4-5-6(7)8/h7-9,12-13,15,17-19H,4-6,10-11,14,16,29H2,1-3H3,(H2,30,32,35);2-5H2,1H3,(H,7,8). The van der Waals surface area contributed by atoms with Crippen molar-refractivity contribution in [3.63, 3.8) is 0 Å². The van der Waals surface area contributed by atoms with Gasteiger partial charge in [-0.25, -0.2) is 9.78 Å². The summed E-state index contributed by atoms with van der Waals surface area (Å²) in [6.45, 7) is 9.58. The van der Waals surface area contributed by atoms with E-state index in [0.717, 1.165) is 79.1 Å². The molecule has 2 aromatic rings. The number of benzene rings is 1. The van der Waals surface area contributed by atoms with E-state index in [0.29, 0.717) is 31.2 Å². The summed E-state index contributed by atoms with van der Waals surface area (Å²) in [6, 6.07) is 12.3. The topological polar surface area (TPSA) is 135 Å². The number of carbonyl (C=O) groups is 2. The Labute approximate surface area is 255 Å². The van der Waals surface area contributed by atoms with Crippen LogP contribution in [-0.4, -0.2) is 38.4 Å². The minimum absolute atomic E-state index is 0.193. The summed E-state index contributed by atoms with van der Waals surface area (Å²) in [5.74, 6) is -0.682. The largest absolute Gasteiger partial charge is 0.481 e. The van der Waals surface area contributed by atoms with Crippen LogP contribution < -0.4 is 16.4 Å². The van der Waals surface area contributed by atoms with Gasteiger partial charge in [0.2, 0.25) is 0 Å². The molecule has 1 aliphatic heterocycles. The molecule has 0 radical (unpaired) electrons. The molecular weight excluding hydrogens is 540 g/mol. The van der Waals surface area contributed by atoms with Crippen LogP contribution >= 0.6 is 0 Å². The van der Waals surface area contributed by atoms with Crippen molar-refractivity contribution in [2.75, 3.05) is 11.9 Å². The van der Waals surface area contributed by atoms with Crippen molar-refractivity contribution < 1.29 is 14.7 Å². The average Bonchev–Trinajstić information content (AvgIpc) is 3.55. The lowest BCUT2D eigenvalue weighted by atomic mass is 9.98. The molecule has 5 N–H and O–H groups in total. The maximum absolute atomic E-state index is 12.3. The van der Waals surface area contributed by atoms with E-state index < -0.39 is 5.97 Å². The lowest BCUT2D eigenvalue weighted by Gasteiger charge is -2.07. The fourth-order valence-corrected chi connectivity index (χ4v) is 4.93. The number of hydrogen-bond donors (Lipinski definition) is 4. The SMILES string of the molecule is CCCCCC(=O)O.CCCCCNC(=O)Nc1cccc2c3c(CN)ccc(CCc4cnn(C(C)C)c4)c3nc-2c1. The van der Waals surface area contributed by atoms with E-state index in [1.807, 2.05) is 29.1 Å². The summed E-state index contributed by atoms with van der Waals surface area (Å²) in [5.41, 5.74) is 13.2. The van der Waals surface area contributed by atoms with Crippen molar-refractivity contribution in [3.8, 4) is 11.3 Å². The summed E-state index contributed by atoms with van der Waals surface area (Å²) >= 11 is 0. The number of anilines is 1. The Morgan fingerprint density at radius 1 is 1.00 bits per heavy atom. The Kier molecular flexibility index (Phi) is 13.4. The molecule has 9 heteroatoms. The van der Waals surface area contributed by atoms with Crippen LogP contribution in [0, 0.1) is 0 Å². The van der Waals surface area contributed by atoms with Crippen LogP contribution in [0.5, 0.6) is 0 Å².